The molecule has 1 aromatic rings. The number of aryl methyl sites for hydroxylation is 1. The van der Waals surface area contributed by atoms with Gasteiger partial charge in [0.15, 0.2) is 9.84 Å². The molecule has 0 aromatic heterocycles. The van der Waals surface area contributed by atoms with Gasteiger partial charge >= 0.3 is 0 Å². The van der Waals surface area contributed by atoms with Gasteiger partial charge in [-0.3, -0.25) is 10.1 Å². The molecule has 7 heteroatoms. The van der Waals surface area contributed by atoms with Crippen LogP contribution in [0.3, 0.4) is 0 Å². The van der Waals surface area contributed by atoms with Crippen LogP contribution in [0.25, 0.3) is 0 Å². The zero-order valence-corrected chi connectivity index (χ0v) is 12.2. The Hall–Kier alpha value is -1.63. The fraction of sp³-hybridized carbons (Fsp3) is 0.500. The summed E-state index contributed by atoms with van der Waals surface area (Å²) in [4.78, 5) is 10.2. The summed E-state index contributed by atoms with van der Waals surface area (Å²) in [5.41, 5.74) is 1.38. The quantitative estimate of drug-likeness (QED) is 0.661. The Morgan fingerprint density at radius 2 is 1.95 bits per heavy atom. The van der Waals surface area contributed by atoms with Crippen molar-refractivity contribution in [2.75, 3.05) is 18.1 Å². The smallest absolute Gasteiger partial charge is 0.271 e. The Balaban J connectivity index is 2.95. The average molecular weight is 286 g/mol. The second-order valence-electron chi connectivity index (χ2n) is 5.14. The third kappa shape index (κ3) is 3.66. The van der Waals surface area contributed by atoms with Gasteiger partial charge in [-0.2, -0.15) is 0 Å². The second-order valence-corrected chi connectivity index (χ2v) is 7.79. The molecule has 1 N–H and O–H groups in total. The Bertz CT molecular complexity index is 594. The van der Waals surface area contributed by atoms with E-state index < -0.39 is 19.5 Å². The first kappa shape index (κ1) is 15.4. The number of anilines is 1. The van der Waals surface area contributed by atoms with Gasteiger partial charge in [0.1, 0.15) is 0 Å². The number of non-ortho nitro benzene ring substituents is 1. The molecule has 0 amide bonds. The molecule has 0 heterocycles. The molecule has 1 rings (SSSR count). The summed E-state index contributed by atoms with van der Waals surface area (Å²) in [6.45, 7) is 5.22. The topological polar surface area (TPSA) is 89.3 Å². The zero-order chi connectivity index (χ0) is 14.8. The molecule has 1 aromatic carbocycles. The van der Waals surface area contributed by atoms with Gasteiger partial charge < -0.3 is 5.32 Å². The Labute approximate surface area is 112 Å². The van der Waals surface area contributed by atoms with E-state index in [1.807, 2.05) is 0 Å². The first-order chi connectivity index (χ1) is 8.54. The van der Waals surface area contributed by atoms with Crippen molar-refractivity contribution in [2.45, 2.75) is 25.5 Å². The highest BCUT2D eigenvalue weighted by molar-refractivity contribution is 7.92. The lowest BCUT2D eigenvalue weighted by molar-refractivity contribution is -0.384. The second kappa shape index (κ2) is 5.16. The van der Waals surface area contributed by atoms with Crippen LogP contribution in [-0.4, -0.2) is 30.9 Å². The number of hydrogen-bond donors (Lipinski definition) is 1. The van der Waals surface area contributed by atoms with E-state index in [2.05, 4.69) is 5.32 Å². The van der Waals surface area contributed by atoms with E-state index >= 15 is 0 Å². The molecule has 0 aliphatic carbocycles. The zero-order valence-electron chi connectivity index (χ0n) is 11.4. The molecule has 0 fully saturated rings. The highest BCUT2D eigenvalue weighted by Crippen LogP contribution is 2.23. The summed E-state index contributed by atoms with van der Waals surface area (Å²) >= 11 is 0. The molecule has 0 saturated carbocycles. The van der Waals surface area contributed by atoms with Crippen molar-refractivity contribution in [3.05, 3.63) is 33.9 Å². The number of benzene rings is 1. The van der Waals surface area contributed by atoms with Gasteiger partial charge in [0.2, 0.25) is 0 Å². The minimum Gasteiger partial charge on any atom is -0.383 e. The Morgan fingerprint density at radius 1 is 1.37 bits per heavy atom. The molecule has 106 valence electrons. The lowest BCUT2D eigenvalue weighted by Crippen LogP contribution is -2.38. The van der Waals surface area contributed by atoms with E-state index in [1.165, 1.54) is 18.4 Å². The van der Waals surface area contributed by atoms with E-state index in [4.69, 9.17) is 0 Å². The molecule has 0 spiro atoms. The highest BCUT2D eigenvalue weighted by atomic mass is 32.2. The van der Waals surface area contributed by atoms with Gasteiger partial charge in [0.25, 0.3) is 5.69 Å². The lowest BCUT2D eigenvalue weighted by atomic mass is 10.1. The predicted molar refractivity (Wildman–Crippen MR) is 75.2 cm³/mol. The van der Waals surface area contributed by atoms with Gasteiger partial charge in [0, 0.05) is 30.6 Å². The molecule has 0 atom stereocenters. The highest BCUT2D eigenvalue weighted by Gasteiger charge is 2.30. The normalized spacial score (nSPS) is 12.2. The number of nitro groups is 1. The molecule has 19 heavy (non-hydrogen) atoms. The maximum Gasteiger partial charge on any atom is 0.271 e. The number of nitrogens with zero attached hydrogens (tertiary/aromatic N) is 1. The Kier molecular flexibility index (Phi) is 4.19. The van der Waals surface area contributed by atoms with Crippen LogP contribution in [0.2, 0.25) is 0 Å². The number of hydrogen-bond acceptors (Lipinski definition) is 5. The maximum absolute atomic E-state index is 11.6. The van der Waals surface area contributed by atoms with Crippen LogP contribution in [0.5, 0.6) is 0 Å². The number of nitrogens with one attached hydrogen (secondary N) is 1. The summed E-state index contributed by atoms with van der Waals surface area (Å²) in [5.74, 6) is 0. The van der Waals surface area contributed by atoms with E-state index in [9.17, 15) is 18.5 Å². The van der Waals surface area contributed by atoms with Crippen LogP contribution >= 0.6 is 0 Å². The third-order valence-corrected chi connectivity index (χ3v) is 5.29. The fourth-order valence-electron chi connectivity index (χ4n) is 1.35. The molecule has 0 radical (unpaired) electrons. The van der Waals surface area contributed by atoms with E-state index in [1.54, 1.807) is 26.8 Å². The number of sulfone groups is 1. The van der Waals surface area contributed by atoms with Crippen molar-refractivity contribution in [1.82, 2.24) is 0 Å². The van der Waals surface area contributed by atoms with Crippen LogP contribution in [0.4, 0.5) is 11.4 Å². The van der Waals surface area contributed by atoms with E-state index in [0.29, 0.717) is 5.69 Å². The average Bonchev–Trinajstić information content (AvgIpc) is 2.26. The van der Waals surface area contributed by atoms with E-state index in [0.717, 1.165) is 5.56 Å². The SMILES string of the molecule is Cc1ccc([N+](=O)[O-])cc1NCC(C)(C)S(C)(=O)=O. The maximum atomic E-state index is 11.6. The molecular formula is C12H18N2O4S. The molecular weight excluding hydrogens is 268 g/mol. The van der Waals surface area contributed by atoms with Crippen LogP contribution in [0, 0.1) is 17.0 Å². The van der Waals surface area contributed by atoms with Crippen molar-refractivity contribution in [1.29, 1.82) is 0 Å². The minimum atomic E-state index is -3.21. The molecule has 6 nitrogen and oxygen atoms in total. The van der Waals surface area contributed by atoms with Gasteiger partial charge in [-0.1, -0.05) is 6.07 Å². The van der Waals surface area contributed by atoms with Crippen LogP contribution < -0.4 is 5.32 Å². The van der Waals surface area contributed by atoms with Gasteiger partial charge in [-0.25, -0.2) is 8.42 Å². The lowest BCUT2D eigenvalue weighted by Gasteiger charge is -2.23. The largest absolute Gasteiger partial charge is 0.383 e. The van der Waals surface area contributed by atoms with Crippen LogP contribution in [-0.2, 0) is 9.84 Å². The third-order valence-electron chi connectivity index (χ3n) is 3.14. The van der Waals surface area contributed by atoms with Crippen molar-refractivity contribution in [3.8, 4) is 0 Å². The van der Waals surface area contributed by atoms with Crippen molar-refractivity contribution < 1.29 is 13.3 Å². The minimum absolute atomic E-state index is 0.0229. The monoisotopic (exact) mass is 286 g/mol. The van der Waals surface area contributed by atoms with Gasteiger partial charge in [-0.15, -0.1) is 0 Å². The number of nitro benzene ring substituents is 1. The van der Waals surface area contributed by atoms with E-state index in [-0.39, 0.29) is 12.2 Å². The first-order valence-corrected chi connectivity index (χ1v) is 7.62. The molecule has 0 bridgehead atoms. The summed E-state index contributed by atoms with van der Waals surface area (Å²) < 4.78 is 22.2. The summed E-state index contributed by atoms with van der Waals surface area (Å²) in [7, 11) is -3.21. The van der Waals surface area contributed by atoms with Crippen molar-refractivity contribution >= 4 is 21.2 Å². The summed E-state index contributed by atoms with van der Waals surface area (Å²) in [5, 5.41) is 13.7. The summed E-state index contributed by atoms with van der Waals surface area (Å²) in [6, 6.07) is 4.46. The number of rotatable bonds is 5. The van der Waals surface area contributed by atoms with Gasteiger partial charge in [0.05, 0.1) is 9.67 Å². The first-order valence-electron chi connectivity index (χ1n) is 5.73. The van der Waals surface area contributed by atoms with Crippen LogP contribution in [0.1, 0.15) is 19.4 Å². The van der Waals surface area contributed by atoms with Gasteiger partial charge in [-0.05, 0) is 26.3 Å². The molecule has 0 unspecified atom stereocenters. The predicted octanol–water partition coefficient (Wildman–Crippen LogP) is 2.14. The molecule has 0 saturated heterocycles. The fourth-order valence-corrected chi connectivity index (χ4v) is 1.69. The standard InChI is InChI=1S/C12H18N2O4S/c1-9-5-6-10(14(15)16)7-11(9)13-8-12(2,3)19(4,17)18/h5-7,13H,8H2,1-4H3. The van der Waals surface area contributed by atoms with Crippen molar-refractivity contribution in [2.24, 2.45) is 0 Å². The summed E-state index contributed by atoms with van der Waals surface area (Å²) in [6.07, 6.45) is 1.18. The molecule has 0 aliphatic heterocycles. The van der Waals surface area contributed by atoms with Crippen LogP contribution in [0.15, 0.2) is 18.2 Å². The molecule has 0 aliphatic rings. The Morgan fingerprint density at radius 3 is 2.42 bits per heavy atom. The van der Waals surface area contributed by atoms with Crippen molar-refractivity contribution in [3.63, 3.8) is 0 Å².